The van der Waals surface area contributed by atoms with E-state index >= 15 is 0 Å². The third-order valence-electron chi connectivity index (χ3n) is 3.37. The molecule has 1 N–H and O–H groups in total. The van der Waals surface area contributed by atoms with Crippen molar-refractivity contribution in [3.05, 3.63) is 39.7 Å². The number of aliphatic hydroxyl groups is 1. The molecule has 1 saturated heterocycles. The highest BCUT2D eigenvalue weighted by Gasteiger charge is 2.43. The van der Waals surface area contributed by atoms with Gasteiger partial charge in [-0.25, -0.2) is 4.39 Å². The Labute approximate surface area is 115 Å². The molecule has 0 aliphatic carbocycles. The molecule has 108 valence electrons. The van der Waals surface area contributed by atoms with Crippen molar-refractivity contribution < 1.29 is 19.2 Å². The SMILES string of the molecule is CCCC1(O)CN(C(=O)c2ccc([N+](=O)[O-])cc2F)C1. The van der Waals surface area contributed by atoms with Crippen LogP contribution in [-0.2, 0) is 0 Å². The van der Waals surface area contributed by atoms with Crippen LogP contribution in [0.5, 0.6) is 0 Å². The van der Waals surface area contributed by atoms with Crippen molar-refractivity contribution in [3.63, 3.8) is 0 Å². The number of nitro benzene ring substituents is 1. The van der Waals surface area contributed by atoms with Gasteiger partial charge in [0.25, 0.3) is 11.6 Å². The average Bonchev–Trinajstić information content (AvgIpc) is 2.35. The zero-order chi connectivity index (χ0) is 14.9. The Kier molecular flexibility index (Phi) is 3.71. The predicted octanol–water partition coefficient (Wildman–Crippen LogP) is 1.72. The highest BCUT2D eigenvalue weighted by atomic mass is 19.1. The molecule has 0 radical (unpaired) electrons. The van der Waals surface area contributed by atoms with Gasteiger partial charge in [-0.1, -0.05) is 13.3 Å². The molecule has 1 fully saturated rings. The van der Waals surface area contributed by atoms with Crippen LogP contribution >= 0.6 is 0 Å². The van der Waals surface area contributed by atoms with Gasteiger partial charge in [0.15, 0.2) is 0 Å². The molecule has 1 aliphatic heterocycles. The van der Waals surface area contributed by atoms with Crippen molar-refractivity contribution in [3.8, 4) is 0 Å². The smallest absolute Gasteiger partial charge is 0.272 e. The number of halogens is 1. The molecule has 1 aromatic carbocycles. The quantitative estimate of drug-likeness (QED) is 0.673. The molecule has 0 unspecified atom stereocenters. The van der Waals surface area contributed by atoms with Gasteiger partial charge in [0.05, 0.1) is 35.2 Å². The summed E-state index contributed by atoms with van der Waals surface area (Å²) in [6.45, 7) is 2.25. The summed E-state index contributed by atoms with van der Waals surface area (Å²) in [5, 5.41) is 20.5. The molecule has 1 aliphatic rings. The molecule has 7 heteroatoms. The van der Waals surface area contributed by atoms with Crippen LogP contribution in [0.1, 0.15) is 30.1 Å². The molecule has 20 heavy (non-hydrogen) atoms. The maximum atomic E-state index is 13.7. The second-order valence-corrected chi connectivity index (χ2v) is 5.06. The van der Waals surface area contributed by atoms with E-state index in [1.54, 1.807) is 0 Å². The second-order valence-electron chi connectivity index (χ2n) is 5.06. The topological polar surface area (TPSA) is 83.7 Å². The number of hydrogen-bond donors (Lipinski definition) is 1. The lowest BCUT2D eigenvalue weighted by atomic mass is 9.88. The van der Waals surface area contributed by atoms with Gasteiger partial charge >= 0.3 is 0 Å². The summed E-state index contributed by atoms with van der Waals surface area (Å²) in [6, 6.07) is 2.92. The van der Waals surface area contributed by atoms with Crippen molar-refractivity contribution >= 4 is 11.6 Å². The van der Waals surface area contributed by atoms with E-state index in [9.17, 15) is 24.4 Å². The zero-order valence-electron chi connectivity index (χ0n) is 11.0. The normalized spacial score (nSPS) is 16.6. The van der Waals surface area contributed by atoms with Crippen LogP contribution in [0.3, 0.4) is 0 Å². The maximum Gasteiger partial charge on any atom is 0.272 e. The minimum absolute atomic E-state index is 0.163. The summed E-state index contributed by atoms with van der Waals surface area (Å²) in [7, 11) is 0. The summed E-state index contributed by atoms with van der Waals surface area (Å²) >= 11 is 0. The number of benzene rings is 1. The van der Waals surface area contributed by atoms with Crippen LogP contribution in [0.2, 0.25) is 0 Å². The Morgan fingerprint density at radius 2 is 2.20 bits per heavy atom. The fourth-order valence-electron chi connectivity index (χ4n) is 2.39. The molecular weight excluding hydrogens is 267 g/mol. The molecule has 0 spiro atoms. The third kappa shape index (κ3) is 2.62. The number of non-ortho nitro benzene ring substituents is 1. The summed E-state index contributed by atoms with van der Waals surface area (Å²) in [6.07, 6.45) is 1.38. The monoisotopic (exact) mass is 282 g/mol. The number of hydrogen-bond acceptors (Lipinski definition) is 4. The van der Waals surface area contributed by atoms with Crippen molar-refractivity contribution in [2.75, 3.05) is 13.1 Å². The van der Waals surface area contributed by atoms with E-state index in [4.69, 9.17) is 0 Å². The number of rotatable bonds is 4. The lowest BCUT2D eigenvalue weighted by Crippen LogP contribution is -2.63. The van der Waals surface area contributed by atoms with Crippen molar-refractivity contribution in [1.82, 2.24) is 4.90 Å². The zero-order valence-corrected chi connectivity index (χ0v) is 11.0. The lowest BCUT2D eigenvalue weighted by molar-refractivity contribution is -0.385. The van der Waals surface area contributed by atoms with E-state index in [0.717, 1.165) is 24.6 Å². The lowest BCUT2D eigenvalue weighted by Gasteiger charge is -2.46. The van der Waals surface area contributed by atoms with Crippen LogP contribution in [0.15, 0.2) is 18.2 Å². The molecule has 0 saturated carbocycles. The fraction of sp³-hybridized carbons (Fsp3) is 0.462. The van der Waals surface area contributed by atoms with Gasteiger partial charge in [0.1, 0.15) is 5.82 Å². The van der Waals surface area contributed by atoms with E-state index < -0.39 is 27.9 Å². The van der Waals surface area contributed by atoms with Gasteiger partial charge in [-0.2, -0.15) is 0 Å². The number of nitro groups is 1. The molecule has 0 bridgehead atoms. The van der Waals surface area contributed by atoms with Crippen molar-refractivity contribution in [2.45, 2.75) is 25.4 Å². The Bertz CT molecular complexity index is 555. The molecule has 1 amide bonds. The van der Waals surface area contributed by atoms with E-state index in [1.807, 2.05) is 6.92 Å². The predicted molar refractivity (Wildman–Crippen MR) is 68.8 cm³/mol. The third-order valence-corrected chi connectivity index (χ3v) is 3.37. The highest BCUT2D eigenvalue weighted by Crippen LogP contribution is 2.28. The number of likely N-dealkylation sites (tertiary alicyclic amines) is 1. The molecule has 6 nitrogen and oxygen atoms in total. The van der Waals surface area contributed by atoms with Crippen LogP contribution < -0.4 is 0 Å². The standard InChI is InChI=1S/C13H15FN2O4/c1-2-5-13(18)7-15(8-13)12(17)10-4-3-9(16(19)20)6-11(10)14/h3-4,6,18H,2,5,7-8H2,1H3. The summed E-state index contributed by atoms with van der Waals surface area (Å²) in [5.41, 5.74) is -1.50. The number of carbonyl (C=O) groups excluding carboxylic acids is 1. The Balaban J connectivity index is 2.10. The van der Waals surface area contributed by atoms with Crippen LogP contribution in [0.25, 0.3) is 0 Å². The number of amides is 1. The van der Waals surface area contributed by atoms with Crippen molar-refractivity contribution in [1.29, 1.82) is 0 Å². The minimum Gasteiger partial charge on any atom is -0.386 e. The first-order valence-electron chi connectivity index (χ1n) is 6.32. The molecular formula is C13H15FN2O4. The number of β-amino-alcohol motifs (C(OH)–C–C–N with tert-alkyl or cyclic N) is 1. The van der Waals surface area contributed by atoms with Crippen LogP contribution in [0, 0.1) is 15.9 Å². The van der Waals surface area contributed by atoms with Gasteiger partial charge < -0.3 is 10.0 Å². The van der Waals surface area contributed by atoms with Gasteiger partial charge in [0.2, 0.25) is 0 Å². The first-order chi connectivity index (χ1) is 9.36. The minimum atomic E-state index is -0.921. The molecule has 1 heterocycles. The Morgan fingerprint density at radius 1 is 1.55 bits per heavy atom. The van der Waals surface area contributed by atoms with E-state index in [1.165, 1.54) is 4.90 Å². The van der Waals surface area contributed by atoms with Crippen LogP contribution in [-0.4, -0.2) is 39.5 Å². The first kappa shape index (κ1) is 14.4. The van der Waals surface area contributed by atoms with Crippen molar-refractivity contribution in [2.24, 2.45) is 0 Å². The second kappa shape index (κ2) is 5.16. The van der Waals surface area contributed by atoms with E-state index in [2.05, 4.69) is 0 Å². The van der Waals surface area contributed by atoms with Gasteiger partial charge in [0, 0.05) is 6.07 Å². The van der Waals surface area contributed by atoms with Gasteiger partial charge in [-0.05, 0) is 12.5 Å². The van der Waals surface area contributed by atoms with E-state index in [0.29, 0.717) is 6.42 Å². The molecule has 2 rings (SSSR count). The molecule has 1 aromatic rings. The Hall–Kier alpha value is -2.02. The molecule has 0 aromatic heterocycles. The Morgan fingerprint density at radius 3 is 2.70 bits per heavy atom. The fourth-order valence-corrected chi connectivity index (χ4v) is 2.39. The van der Waals surface area contributed by atoms with Gasteiger partial charge in [-0.3, -0.25) is 14.9 Å². The summed E-state index contributed by atoms with van der Waals surface area (Å²) in [4.78, 5) is 23.1. The maximum absolute atomic E-state index is 13.7. The average molecular weight is 282 g/mol. The summed E-state index contributed by atoms with van der Waals surface area (Å²) < 4.78 is 13.7. The van der Waals surface area contributed by atoms with Gasteiger partial charge in [-0.15, -0.1) is 0 Å². The number of carbonyl (C=O) groups is 1. The van der Waals surface area contributed by atoms with E-state index in [-0.39, 0.29) is 18.7 Å². The number of nitrogens with zero attached hydrogens (tertiary/aromatic N) is 2. The summed E-state index contributed by atoms with van der Waals surface area (Å²) in [5.74, 6) is -1.48. The largest absolute Gasteiger partial charge is 0.386 e. The highest BCUT2D eigenvalue weighted by molar-refractivity contribution is 5.95. The molecule has 0 atom stereocenters. The first-order valence-corrected chi connectivity index (χ1v) is 6.32. The van der Waals surface area contributed by atoms with Crippen LogP contribution in [0.4, 0.5) is 10.1 Å².